The van der Waals surface area contributed by atoms with E-state index in [1.165, 1.54) is 0 Å². The minimum atomic E-state index is 0.255. The van der Waals surface area contributed by atoms with E-state index in [1.54, 1.807) is 4.52 Å². The number of benzene rings is 1. The predicted molar refractivity (Wildman–Crippen MR) is 93.9 cm³/mol. The summed E-state index contributed by atoms with van der Waals surface area (Å²) in [5.74, 6) is 1.79. The fraction of sp³-hybridized carbons (Fsp3) is 0.333. The second-order valence-electron chi connectivity index (χ2n) is 6.33. The Morgan fingerprint density at radius 1 is 1.16 bits per heavy atom. The van der Waals surface area contributed by atoms with E-state index in [-0.39, 0.29) is 5.91 Å². The lowest BCUT2D eigenvalue weighted by molar-refractivity contribution is -0.128. The first-order valence-corrected chi connectivity index (χ1v) is 8.47. The molecule has 25 heavy (non-hydrogen) atoms. The van der Waals surface area contributed by atoms with Crippen LogP contribution in [-0.2, 0) is 17.9 Å². The highest BCUT2D eigenvalue weighted by molar-refractivity contribution is 5.78. The van der Waals surface area contributed by atoms with Crippen LogP contribution in [0.3, 0.4) is 0 Å². The minimum absolute atomic E-state index is 0.255. The summed E-state index contributed by atoms with van der Waals surface area (Å²) in [5, 5.41) is 15.9. The van der Waals surface area contributed by atoms with E-state index in [0.717, 1.165) is 41.4 Å². The smallest absolute Gasteiger partial charge is 0.222 e. The zero-order chi connectivity index (χ0) is 17.2. The summed E-state index contributed by atoms with van der Waals surface area (Å²) in [7, 11) is 0. The summed E-state index contributed by atoms with van der Waals surface area (Å²) < 4.78 is 1.72. The van der Waals surface area contributed by atoms with Crippen LogP contribution in [0.2, 0.25) is 0 Å². The van der Waals surface area contributed by atoms with Crippen LogP contribution in [0, 0.1) is 6.92 Å². The Balaban J connectivity index is 1.44. The summed E-state index contributed by atoms with van der Waals surface area (Å²) in [4.78, 5) is 13.7. The fourth-order valence-corrected chi connectivity index (χ4v) is 3.11. The minimum Gasteiger partial charge on any atom is -0.365 e. The lowest BCUT2D eigenvalue weighted by Gasteiger charge is -2.16. The Morgan fingerprint density at radius 2 is 2.04 bits per heavy atom. The number of fused-ring (bicyclic) bond motifs is 1. The van der Waals surface area contributed by atoms with Crippen molar-refractivity contribution in [3.8, 4) is 0 Å². The molecular weight excluding hydrogens is 316 g/mol. The highest BCUT2D eigenvalue weighted by Gasteiger charge is 2.19. The van der Waals surface area contributed by atoms with Crippen LogP contribution < -0.4 is 5.32 Å². The predicted octanol–water partition coefficient (Wildman–Crippen LogP) is 2.17. The number of aromatic nitrogens is 4. The molecule has 1 aromatic carbocycles. The third-order valence-corrected chi connectivity index (χ3v) is 4.43. The third kappa shape index (κ3) is 3.31. The molecule has 128 valence electrons. The molecule has 1 aliphatic rings. The molecule has 1 fully saturated rings. The van der Waals surface area contributed by atoms with Gasteiger partial charge in [0.15, 0.2) is 11.5 Å². The molecule has 0 saturated carbocycles. The SMILES string of the molecule is Cc1nnc2ccc(NCc3cccc(CN4CCCC4=O)c3)nn12. The van der Waals surface area contributed by atoms with E-state index < -0.39 is 0 Å². The molecule has 1 aliphatic heterocycles. The number of likely N-dealkylation sites (tertiary alicyclic amines) is 1. The van der Waals surface area contributed by atoms with Gasteiger partial charge in [-0.15, -0.1) is 15.3 Å². The molecule has 3 aromatic rings. The van der Waals surface area contributed by atoms with Crippen LogP contribution in [0.25, 0.3) is 5.65 Å². The van der Waals surface area contributed by atoms with Gasteiger partial charge in [0.1, 0.15) is 5.82 Å². The number of hydrogen-bond donors (Lipinski definition) is 1. The summed E-state index contributed by atoms with van der Waals surface area (Å²) >= 11 is 0. The maximum Gasteiger partial charge on any atom is 0.222 e. The highest BCUT2D eigenvalue weighted by atomic mass is 16.2. The monoisotopic (exact) mass is 336 g/mol. The Kier molecular flexibility index (Phi) is 4.05. The second-order valence-corrected chi connectivity index (χ2v) is 6.33. The summed E-state index contributed by atoms with van der Waals surface area (Å²) in [5.41, 5.74) is 3.06. The average molecular weight is 336 g/mol. The van der Waals surface area contributed by atoms with Gasteiger partial charge in [0.2, 0.25) is 5.91 Å². The first kappa shape index (κ1) is 15.6. The summed E-state index contributed by atoms with van der Waals surface area (Å²) in [6.45, 7) is 4.10. The van der Waals surface area contributed by atoms with Gasteiger partial charge in [0.05, 0.1) is 0 Å². The quantitative estimate of drug-likeness (QED) is 0.773. The van der Waals surface area contributed by atoms with Crippen molar-refractivity contribution in [3.63, 3.8) is 0 Å². The average Bonchev–Trinajstić information content (AvgIpc) is 3.20. The number of rotatable bonds is 5. The van der Waals surface area contributed by atoms with E-state index in [4.69, 9.17) is 0 Å². The van der Waals surface area contributed by atoms with Gasteiger partial charge >= 0.3 is 0 Å². The number of amides is 1. The molecule has 0 spiro atoms. The van der Waals surface area contributed by atoms with Crippen LogP contribution >= 0.6 is 0 Å². The number of hydrogen-bond acceptors (Lipinski definition) is 5. The topological polar surface area (TPSA) is 75.4 Å². The van der Waals surface area contributed by atoms with Gasteiger partial charge in [0, 0.05) is 26.1 Å². The third-order valence-electron chi connectivity index (χ3n) is 4.43. The van der Waals surface area contributed by atoms with Gasteiger partial charge in [-0.05, 0) is 36.6 Å². The summed E-state index contributed by atoms with van der Waals surface area (Å²) in [6.07, 6.45) is 1.65. The molecule has 1 amide bonds. The molecule has 0 radical (unpaired) electrons. The molecule has 0 aliphatic carbocycles. The molecule has 1 N–H and O–H groups in total. The van der Waals surface area contributed by atoms with Crippen molar-refractivity contribution in [2.45, 2.75) is 32.9 Å². The van der Waals surface area contributed by atoms with Crippen molar-refractivity contribution in [2.75, 3.05) is 11.9 Å². The Bertz CT molecular complexity index is 919. The molecule has 0 unspecified atom stereocenters. The largest absolute Gasteiger partial charge is 0.365 e. The van der Waals surface area contributed by atoms with Gasteiger partial charge in [-0.25, -0.2) is 0 Å². The Morgan fingerprint density at radius 3 is 2.88 bits per heavy atom. The molecule has 7 nitrogen and oxygen atoms in total. The zero-order valence-electron chi connectivity index (χ0n) is 14.1. The van der Waals surface area contributed by atoms with Crippen LogP contribution in [0.15, 0.2) is 36.4 Å². The second kappa shape index (κ2) is 6.51. The maximum absolute atomic E-state index is 11.8. The van der Waals surface area contributed by atoms with E-state index in [2.05, 4.69) is 38.8 Å². The summed E-state index contributed by atoms with van der Waals surface area (Å²) in [6, 6.07) is 12.1. The van der Waals surface area contributed by atoms with Gasteiger partial charge in [-0.1, -0.05) is 24.3 Å². The van der Waals surface area contributed by atoms with Crippen molar-refractivity contribution in [1.29, 1.82) is 0 Å². The molecule has 7 heteroatoms. The molecule has 0 atom stereocenters. The molecule has 3 heterocycles. The fourth-order valence-electron chi connectivity index (χ4n) is 3.11. The molecule has 4 rings (SSSR count). The number of carbonyl (C=O) groups excluding carboxylic acids is 1. The standard InChI is InChI=1S/C18H20N6O/c1-13-20-21-17-8-7-16(22-24(13)17)19-11-14-4-2-5-15(10-14)12-23-9-3-6-18(23)25/h2,4-5,7-8,10H,3,6,9,11-12H2,1H3,(H,19,22). The Hall–Kier alpha value is -2.96. The van der Waals surface area contributed by atoms with Crippen molar-refractivity contribution < 1.29 is 4.79 Å². The number of carbonyl (C=O) groups is 1. The lowest BCUT2D eigenvalue weighted by Crippen LogP contribution is -2.23. The van der Waals surface area contributed by atoms with Crippen LogP contribution in [0.1, 0.15) is 29.8 Å². The van der Waals surface area contributed by atoms with E-state index >= 15 is 0 Å². The highest BCUT2D eigenvalue weighted by Crippen LogP contribution is 2.16. The van der Waals surface area contributed by atoms with Gasteiger partial charge in [-0.3, -0.25) is 4.79 Å². The molecular formula is C18H20N6O. The van der Waals surface area contributed by atoms with Gasteiger partial charge < -0.3 is 10.2 Å². The van der Waals surface area contributed by atoms with E-state index in [9.17, 15) is 4.79 Å². The van der Waals surface area contributed by atoms with Crippen LogP contribution in [0.5, 0.6) is 0 Å². The molecule has 1 saturated heterocycles. The van der Waals surface area contributed by atoms with Gasteiger partial charge in [0.25, 0.3) is 0 Å². The normalized spacial score (nSPS) is 14.4. The number of aryl methyl sites for hydroxylation is 1. The van der Waals surface area contributed by atoms with Crippen molar-refractivity contribution in [1.82, 2.24) is 24.7 Å². The van der Waals surface area contributed by atoms with Crippen LogP contribution in [0.4, 0.5) is 5.82 Å². The first-order valence-electron chi connectivity index (χ1n) is 8.47. The van der Waals surface area contributed by atoms with E-state index in [1.807, 2.05) is 30.0 Å². The van der Waals surface area contributed by atoms with Crippen LogP contribution in [-0.4, -0.2) is 37.2 Å². The van der Waals surface area contributed by atoms with Crippen molar-refractivity contribution in [3.05, 3.63) is 53.3 Å². The Labute approximate surface area is 145 Å². The number of nitrogens with one attached hydrogen (secondary N) is 1. The lowest BCUT2D eigenvalue weighted by atomic mass is 10.1. The molecule has 0 bridgehead atoms. The first-order chi connectivity index (χ1) is 12.2. The maximum atomic E-state index is 11.8. The number of nitrogens with zero attached hydrogens (tertiary/aromatic N) is 5. The van der Waals surface area contributed by atoms with E-state index in [0.29, 0.717) is 19.5 Å². The van der Waals surface area contributed by atoms with Gasteiger partial charge in [-0.2, -0.15) is 4.52 Å². The van der Waals surface area contributed by atoms with Crippen molar-refractivity contribution in [2.24, 2.45) is 0 Å². The number of anilines is 1. The zero-order valence-corrected chi connectivity index (χ0v) is 14.1. The van der Waals surface area contributed by atoms with Crippen molar-refractivity contribution >= 4 is 17.4 Å². The molecule has 2 aromatic heterocycles.